The van der Waals surface area contributed by atoms with E-state index in [9.17, 15) is 9.59 Å². The quantitative estimate of drug-likeness (QED) is 0.789. The molecule has 0 spiro atoms. The fraction of sp³-hybridized carbons (Fsp3) is 0.333. The highest BCUT2D eigenvalue weighted by atomic mass is 16.5. The highest BCUT2D eigenvalue weighted by Gasteiger charge is 2.17. The van der Waals surface area contributed by atoms with Gasteiger partial charge in [0.25, 0.3) is 5.91 Å². The summed E-state index contributed by atoms with van der Waals surface area (Å²) >= 11 is 0. The van der Waals surface area contributed by atoms with E-state index in [1.807, 2.05) is 39.0 Å². The average Bonchev–Trinajstić information content (AvgIpc) is 2.55. The number of ether oxygens (including phenoxy) is 2. The van der Waals surface area contributed by atoms with Crippen molar-refractivity contribution in [2.24, 2.45) is 0 Å². The van der Waals surface area contributed by atoms with Crippen LogP contribution in [-0.4, -0.2) is 24.6 Å². The van der Waals surface area contributed by atoms with Crippen LogP contribution >= 0.6 is 0 Å². The molecule has 0 fully saturated rings. The zero-order valence-electron chi connectivity index (χ0n) is 15.9. The minimum Gasteiger partial charge on any atom is -0.481 e. The molecule has 26 heavy (non-hydrogen) atoms. The van der Waals surface area contributed by atoms with Crippen LogP contribution in [0, 0.1) is 20.8 Å². The van der Waals surface area contributed by atoms with E-state index in [-0.39, 0.29) is 5.91 Å². The predicted molar refractivity (Wildman–Crippen MR) is 102 cm³/mol. The van der Waals surface area contributed by atoms with E-state index in [0.717, 1.165) is 16.7 Å². The fourth-order valence-corrected chi connectivity index (χ4v) is 2.59. The van der Waals surface area contributed by atoms with Crippen LogP contribution in [0.15, 0.2) is 36.4 Å². The van der Waals surface area contributed by atoms with Crippen molar-refractivity contribution >= 4 is 17.6 Å². The molecule has 0 unspecified atom stereocenters. The fourth-order valence-electron chi connectivity index (χ4n) is 2.59. The Balaban J connectivity index is 2.10. The summed E-state index contributed by atoms with van der Waals surface area (Å²) in [5, 5.41) is 2.83. The smallest absolute Gasteiger partial charge is 0.338 e. The lowest BCUT2D eigenvalue weighted by Crippen LogP contribution is -2.30. The molecule has 2 rings (SSSR count). The number of carbonyl (C=O) groups is 2. The second kappa shape index (κ2) is 8.52. The van der Waals surface area contributed by atoms with Gasteiger partial charge in [0.05, 0.1) is 12.2 Å². The molecule has 0 aliphatic rings. The van der Waals surface area contributed by atoms with E-state index >= 15 is 0 Å². The van der Waals surface area contributed by atoms with Crippen LogP contribution in [-0.2, 0) is 9.53 Å². The number of amides is 1. The van der Waals surface area contributed by atoms with Gasteiger partial charge >= 0.3 is 5.97 Å². The molecule has 1 amide bonds. The van der Waals surface area contributed by atoms with Gasteiger partial charge in [0, 0.05) is 5.69 Å². The van der Waals surface area contributed by atoms with Crippen molar-refractivity contribution in [1.29, 1.82) is 0 Å². The van der Waals surface area contributed by atoms with Crippen molar-refractivity contribution in [3.63, 3.8) is 0 Å². The third kappa shape index (κ3) is 5.09. The van der Waals surface area contributed by atoms with E-state index in [4.69, 9.17) is 9.47 Å². The number of hydrogen-bond donors (Lipinski definition) is 1. The number of benzene rings is 2. The van der Waals surface area contributed by atoms with Gasteiger partial charge in [-0.1, -0.05) is 12.1 Å². The first-order valence-electron chi connectivity index (χ1n) is 8.63. The lowest BCUT2D eigenvalue weighted by atomic mass is 10.1. The van der Waals surface area contributed by atoms with Crippen LogP contribution in [0.25, 0.3) is 0 Å². The summed E-state index contributed by atoms with van der Waals surface area (Å²) in [5.41, 5.74) is 3.97. The zero-order chi connectivity index (χ0) is 19.3. The summed E-state index contributed by atoms with van der Waals surface area (Å²) in [7, 11) is 0. The third-order valence-corrected chi connectivity index (χ3v) is 3.88. The number of carbonyl (C=O) groups excluding carboxylic acids is 2. The summed E-state index contributed by atoms with van der Waals surface area (Å²) in [6.45, 7) is 9.57. The molecule has 0 saturated carbocycles. The standard InChI is InChI=1S/C21H25NO4/c1-6-25-21(24)17-8-7-15(4)19(12-17)22-20(23)16(5)26-18-10-13(2)9-14(3)11-18/h7-12,16H,6H2,1-5H3,(H,22,23)/t16-/m1/s1. The molecule has 0 radical (unpaired) electrons. The molecule has 2 aromatic rings. The van der Waals surface area contributed by atoms with Crippen LogP contribution in [0.2, 0.25) is 0 Å². The zero-order valence-corrected chi connectivity index (χ0v) is 15.9. The molecule has 1 atom stereocenters. The number of nitrogens with one attached hydrogen (secondary N) is 1. The molecule has 0 saturated heterocycles. The van der Waals surface area contributed by atoms with Crippen LogP contribution in [0.5, 0.6) is 5.75 Å². The van der Waals surface area contributed by atoms with Crippen molar-refractivity contribution < 1.29 is 19.1 Å². The Kier molecular flexibility index (Phi) is 6.39. The first-order valence-corrected chi connectivity index (χ1v) is 8.63. The summed E-state index contributed by atoms with van der Waals surface area (Å²) in [6.07, 6.45) is -0.679. The lowest BCUT2D eigenvalue weighted by Gasteiger charge is -2.17. The first-order chi connectivity index (χ1) is 12.3. The number of aryl methyl sites for hydroxylation is 3. The molecule has 0 aliphatic heterocycles. The van der Waals surface area contributed by atoms with Crippen LogP contribution in [0.4, 0.5) is 5.69 Å². The summed E-state index contributed by atoms with van der Waals surface area (Å²) in [5.74, 6) is -0.0436. The molecular formula is C21H25NO4. The van der Waals surface area contributed by atoms with Gasteiger partial charge in [-0.3, -0.25) is 4.79 Å². The number of rotatable bonds is 6. The molecule has 0 aliphatic carbocycles. The van der Waals surface area contributed by atoms with Gasteiger partial charge in [0.2, 0.25) is 0 Å². The lowest BCUT2D eigenvalue weighted by molar-refractivity contribution is -0.122. The topological polar surface area (TPSA) is 64.6 Å². The highest BCUT2D eigenvalue weighted by Crippen LogP contribution is 2.20. The molecule has 138 valence electrons. The van der Waals surface area contributed by atoms with Crippen LogP contribution in [0.3, 0.4) is 0 Å². The summed E-state index contributed by atoms with van der Waals surface area (Å²) < 4.78 is 10.8. The minimum absolute atomic E-state index is 0.284. The summed E-state index contributed by atoms with van der Waals surface area (Å²) in [6, 6.07) is 10.9. The molecular weight excluding hydrogens is 330 g/mol. The van der Waals surface area contributed by atoms with Gasteiger partial charge in [0.15, 0.2) is 6.10 Å². The Labute approximate surface area is 154 Å². The number of esters is 1. The third-order valence-electron chi connectivity index (χ3n) is 3.88. The molecule has 5 heteroatoms. The largest absolute Gasteiger partial charge is 0.481 e. The SMILES string of the molecule is CCOC(=O)c1ccc(C)c(NC(=O)[C@@H](C)Oc2cc(C)cc(C)c2)c1. The van der Waals surface area contributed by atoms with Crippen molar-refractivity contribution in [2.45, 2.75) is 40.7 Å². The van der Waals surface area contributed by atoms with E-state index < -0.39 is 12.1 Å². The Morgan fingerprint density at radius 1 is 1.04 bits per heavy atom. The van der Waals surface area contributed by atoms with Gasteiger partial charge < -0.3 is 14.8 Å². The minimum atomic E-state index is -0.679. The van der Waals surface area contributed by atoms with Gasteiger partial charge in [0.1, 0.15) is 5.75 Å². The van der Waals surface area contributed by atoms with Crippen LogP contribution < -0.4 is 10.1 Å². The number of anilines is 1. The maximum atomic E-state index is 12.5. The van der Waals surface area contributed by atoms with Gasteiger partial charge in [-0.25, -0.2) is 4.79 Å². The first kappa shape index (κ1) is 19.5. The van der Waals surface area contributed by atoms with Gasteiger partial charge in [-0.15, -0.1) is 0 Å². The van der Waals surface area contributed by atoms with E-state index in [1.165, 1.54) is 0 Å². The normalized spacial score (nSPS) is 11.6. The molecule has 1 N–H and O–H groups in total. The maximum Gasteiger partial charge on any atom is 0.338 e. The molecule has 0 heterocycles. The van der Waals surface area contributed by atoms with Crippen molar-refractivity contribution in [1.82, 2.24) is 0 Å². The Morgan fingerprint density at radius 3 is 2.31 bits per heavy atom. The number of hydrogen-bond acceptors (Lipinski definition) is 4. The Morgan fingerprint density at radius 2 is 1.69 bits per heavy atom. The van der Waals surface area contributed by atoms with Crippen molar-refractivity contribution in [3.8, 4) is 5.75 Å². The Hall–Kier alpha value is -2.82. The maximum absolute atomic E-state index is 12.5. The Bertz CT molecular complexity index is 793. The van der Waals surface area contributed by atoms with Gasteiger partial charge in [-0.2, -0.15) is 0 Å². The van der Waals surface area contributed by atoms with E-state index in [0.29, 0.717) is 23.6 Å². The molecule has 0 bridgehead atoms. The van der Waals surface area contributed by atoms with Gasteiger partial charge in [-0.05, 0) is 75.6 Å². The van der Waals surface area contributed by atoms with E-state index in [2.05, 4.69) is 5.32 Å². The van der Waals surface area contributed by atoms with E-state index in [1.54, 1.807) is 32.0 Å². The predicted octanol–water partition coefficient (Wildman–Crippen LogP) is 4.19. The van der Waals surface area contributed by atoms with Crippen LogP contribution in [0.1, 0.15) is 40.9 Å². The second-order valence-electron chi connectivity index (χ2n) is 6.32. The van der Waals surface area contributed by atoms with Crippen molar-refractivity contribution in [3.05, 3.63) is 58.7 Å². The molecule has 2 aromatic carbocycles. The van der Waals surface area contributed by atoms with Crippen molar-refractivity contribution in [2.75, 3.05) is 11.9 Å². The highest BCUT2D eigenvalue weighted by molar-refractivity contribution is 5.97. The molecule has 0 aromatic heterocycles. The summed E-state index contributed by atoms with van der Waals surface area (Å²) in [4.78, 5) is 24.4. The monoisotopic (exact) mass is 355 g/mol. The molecule has 5 nitrogen and oxygen atoms in total. The second-order valence-corrected chi connectivity index (χ2v) is 6.32. The average molecular weight is 355 g/mol.